The molecule has 0 atom stereocenters. The van der Waals surface area contributed by atoms with Crippen molar-refractivity contribution in [1.82, 2.24) is 9.80 Å². The maximum Gasteiger partial charge on any atom is 0.0756 e. The lowest BCUT2D eigenvalue weighted by atomic mass is 9.86. The summed E-state index contributed by atoms with van der Waals surface area (Å²) in [4.78, 5) is 7.30. The Kier molecular flexibility index (Phi) is 3.56. The fourth-order valence-corrected chi connectivity index (χ4v) is 3.88. The van der Waals surface area contributed by atoms with Crippen LogP contribution in [0.15, 0.2) is 35.7 Å². The van der Waals surface area contributed by atoms with E-state index in [9.17, 15) is 0 Å². The highest BCUT2D eigenvalue weighted by Crippen LogP contribution is 2.41. The lowest BCUT2D eigenvalue weighted by Gasteiger charge is -2.55. The number of likely N-dealkylation sites (N-methyl/N-ethyl adjacent to an activating group) is 1. The highest BCUT2D eigenvalue weighted by molar-refractivity contribution is 6.33. The van der Waals surface area contributed by atoms with Crippen LogP contribution in [0.25, 0.3) is 0 Å². The molecule has 1 aromatic rings. The zero-order valence-corrected chi connectivity index (χ0v) is 14.1. The van der Waals surface area contributed by atoms with Crippen LogP contribution in [0, 0.1) is 0 Å². The van der Waals surface area contributed by atoms with Gasteiger partial charge in [0.1, 0.15) is 0 Å². The van der Waals surface area contributed by atoms with Crippen molar-refractivity contribution in [2.24, 2.45) is 0 Å². The zero-order chi connectivity index (χ0) is 15.2. The topological polar surface area (TPSA) is 9.72 Å². The van der Waals surface area contributed by atoms with Crippen molar-refractivity contribution in [3.8, 4) is 0 Å². The molecule has 2 aliphatic rings. The second-order valence-electron chi connectivity index (χ2n) is 6.48. The van der Waals surface area contributed by atoms with Gasteiger partial charge >= 0.3 is 0 Å². The highest BCUT2D eigenvalue weighted by atomic mass is 35.5. The third-order valence-electron chi connectivity index (χ3n) is 5.05. The maximum atomic E-state index is 6.31. The first kappa shape index (κ1) is 14.6. The number of para-hydroxylation sites is 1. The minimum atomic E-state index is 0.163. The van der Waals surface area contributed by atoms with E-state index in [1.165, 1.54) is 11.4 Å². The van der Waals surface area contributed by atoms with Gasteiger partial charge in [-0.2, -0.15) is 0 Å². The fourth-order valence-electron chi connectivity index (χ4n) is 3.62. The maximum absolute atomic E-state index is 6.31. The summed E-state index contributed by atoms with van der Waals surface area (Å²) in [5, 5.41) is 0.852. The molecule has 0 aromatic heterocycles. The van der Waals surface area contributed by atoms with E-state index in [4.69, 9.17) is 11.6 Å². The van der Waals surface area contributed by atoms with Crippen LogP contribution >= 0.6 is 11.6 Å². The second-order valence-corrected chi connectivity index (χ2v) is 6.88. The summed E-state index contributed by atoms with van der Waals surface area (Å²) in [5.41, 5.74) is 4.24. The number of hydrogen-bond donors (Lipinski definition) is 0. The number of nitrogens with zero attached hydrogens (tertiary/aromatic N) is 3. The Morgan fingerprint density at radius 1 is 1.00 bits per heavy atom. The molecule has 1 fully saturated rings. The SMILES string of the molecule is CC1=C(N2CCN(c3ccccc3Cl)CC2)C(C)(C)N1C. The lowest BCUT2D eigenvalue weighted by molar-refractivity contribution is 0.110. The number of benzene rings is 1. The number of hydrogen-bond acceptors (Lipinski definition) is 3. The largest absolute Gasteiger partial charge is 0.368 e. The molecule has 0 unspecified atom stereocenters. The minimum Gasteiger partial charge on any atom is -0.368 e. The van der Waals surface area contributed by atoms with E-state index in [2.05, 4.69) is 54.7 Å². The summed E-state index contributed by atoms with van der Waals surface area (Å²) < 4.78 is 0. The predicted molar refractivity (Wildman–Crippen MR) is 89.8 cm³/mol. The van der Waals surface area contributed by atoms with Gasteiger partial charge < -0.3 is 14.7 Å². The molecule has 0 radical (unpaired) electrons. The van der Waals surface area contributed by atoms with Gasteiger partial charge in [-0.1, -0.05) is 23.7 Å². The number of anilines is 1. The van der Waals surface area contributed by atoms with Gasteiger partial charge in [0.25, 0.3) is 0 Å². The summed E-state index contributed by atoms with van der Waals surface area (Å²) >= 11 is 6.31. The predicted octanol–water partition coefficient (Wildman–Crippen LogP) is 3.42. The van der Waals surface area contributed by atoms with E-state index in [1.54, 1.807) is 0 Å². The van der Waals surface area contributed by atoms with Crippen LogP contribution in [-0.4, -0.2) is 48.6 Å². The van der Waals surface area contributed by atoms with Crippen molar-refractivity contribution in [2.75, 3.05) is 38.1 Å². The molecule has 1 saturated heterocycles. The quantitative estimate of drug-likeness (QED) is 0.829. The third kappa shape index (κ3) is 2.28. The molecular weight excluding hydrogens is 282 g/mol. The van der Waals surface area contributed by atoms with E-state index >= 15 is 0 Å². The Labute approximate surface area is 132 Å². The van der Waals surface area contributed by atoms with Gasteiger partial charge in [0.15, 0.2) is 0 Å². The first-order valence-corrected chi connectivity index (χ1v) is 8.00. The van der Waals surface area contributed by atoms with Crippen molar-refractivity contribution in [1.29, 1.82) is 0 Å². The van der Waals surface area contributed by atoms with Gasteiger partial charge in [-0.3, -0.25) is 0 Å². The number of allylic oxidation sites excluding steroid dienone is 1. The Hall–Kier alpha value is -1.35. The van der Waals surface area contributed by atoms with E-state index in [1.807, 2.05) is 12.1 Å². The van der Waals surface area contributed by atoms with Gasteiger partial charge in [0.05, 0.1) is 21.9 Å². The van der Waals surface area contributed by atoms with Gasteiger partial charge in [-0.05, 0) is 32.9 Å². The molecule has 3 rings (SSSR count). The Morgan fingerprint density at radius 2 is 1.57 bits per heavy atom. The molecule has 1 aromatic carbocycles. The molecule has 0 aliphatic carbocycles. The Balaban J connectivity index is 1.71. The molecule has 0 amide bonds. The molecule has 114 valence electrons. The number of halogens is 1. The van der Waals surface area contributed by atoms with Gasteiger partial charge in [0, 0.05) is 38.9 Å². The molecular formula is C17H24ClN3. The van der Waals surface area contributed by atoms with Crippen LogP contribution in [0.2, 0.25) is 5.02 Å². The monoisotopic (exact) mass is 305 g/mol. The van der Waals surface area contributed by atoms with E-state index in [-0.39, 0.29) is 5.54 Å². The Morgan fingerprint density at radius 3 is 2.14 bits per heavy atom. The molecule has 0 N–H and O–H groups in total. The summed E-state index contributed by atoms with van der Waals surface area (Å²) in [5.74, 6) is 0. The highest BCUT2D eigenvalue weighted by Gasteiger charge is 2.43. The number of rotatable bonds is 2. The molecule has 2 aliphatic heterocycles. The Bertz CT molecular complexity index is 571. The first-order valence-electron chi connectivity index (χ1n) is 7.62. The first-order chi connectivity index (χ1) is 9.93. The van der Waals surface area contributed by atoms with Crippen LogP contribution < -0.4 is 4.90 Å². The summed E-state index contributed by atoms with van der Waals surface area (Å²) in [7, 11) is 2.18. The summed E-state index contributed by atoms with van der Waals surface area (Å²) in [6.45, 7) is 11.0. The van der Waals surface area contributed by atoms with Crippen LogP contribution in [-0.2, 0) is 0 Å². The van der Waals surface area contributed by atoms with E-state index < -0.39 is 0 Å². The smallest absolute Gasteiger partial charge is 0.0756 e. The van der Waals surface area contributed by atoms with Gasteiger partial charge in [-0.15, -0.1) is 0 Å². The molecule has 2 heterocycles. The van der Waals surface area contributed by atoms with Gasteiger partial charge in [-0.25, -0.2) is 0 Å². The summed E-state index contributed by atoms with van der Waals surface area (Å²) in [6.07, 6.45) is 0. The zero-order valence-electron chi connectivity index (χ0n) is 13.4. The van der Waals surface area contributed by atoms with Crippen molar-refractivity contribution >= 4 is 17.3 Å². The van der Waals surface area contributed by atoms with Crippen LogP contribution in [0.4, 0.5) is 5.69 Å². The molecule has 4 heteroatoms. The molecule has 0 bridgehead atoms. The normalized spacial score (nSPS) is 21.7. The molecule has 0 spiro atoms. The molecule has 3 nitrogen and oxygen atoms in total. The third-order valence-corrected chi connectivity index (χ3v) is 5.37. The molecule has 21 heavy (non-hydrogen) atoms. The van der Waals surface area contributed by atoms with E-state index in [0.29, 0.717) is 0 Å². The van der Waals surface area contributed by atoms with Crippen molar-refractivity contribution < 1.29 is 0 Å². The van der Waals surface area contributed by atoms with Gasteiger partial charge in [0.2, 0.25) is 0 Å². The van der Waals surface area contributed by atoms with E-state index in [0.717, 1.165) is 36.9 Å². The summed E-state index contributed by atoms with van der Waals surface area (Å²) in [6, 6.07) is 8.14. The van der Waals surface area contributed by atoms with Crippen LogP contribution in [0.1, 0.15) is 20.8 Å². The average molecular weight is 306 g/mol. The second kappa shape index (κ2) is 5.13. The molecule has 0 saturated carbocycles. The van der Waals surface area contributed by atoms with Crippen molar-refractivity contribution in [3.05, 3.63) is 40.7 Å². The fraction of sp³-hybridized carbons (Fsp3) is 0.529. The van der Waals surface area contributed by atoms with Crippen LogP contribution in [0.5, 0.6) is 0 Å². The van der Waals surface area contributed by atoms with Crippen molar-refractivity contribution in [3.63, 3.8) is 0 Å². The minimum absolute atomic E-state index is 0.163. The standard InChI is InChI=1S/C17H24ClN3/c1-13-16(17(2,3)19(13)4)21-11-9-20(10-12-21)15-8-6-5-7-14(15)18/h5-8H,9-12H2,1-4H3. The lowest BCUT2D eigenvalue weighted by Crippen LogP contribution is -2.59. The van der Waals surface area contributed by atoms with Crippen molar-refractivity contribution in [2.45, 2.75) is 26.3 Å². The average Bonchev–Trinajstić information content (AvgIpc) is 2.48. The number of piperazine rings is 1. The van der Waals surface area contributed by atoms with Crippen LogP contribution in [0.3, 0.4) is 0 Å².